The Kier molecular flexibility index (Phi) is 5.16. The molecule has 4 rings (SSSR count). The number of para-hydroxylation sites is 1. The molecule has 134 valence electrons. The summed E-state index contributed by atoms with van der Waals surface area (Å²) in [7, 11) is 0. The van der Waals surface area contributed by atoms with E-state index >= 15 is 0 Å². The lowest BCUT2D eigenvalue weighted by Crippen LogP contribution is -2.19. The van der Waals surface area contributed by atoms with Crippen molar-refractivity contribution < 1.29 is 9.47 Å². The van der Waals surface area contributed by atoms with Crippen molar-refractivity contribution in [3.63, 3.8) is 0 Å². The third-order valence-corrected chi connectivity index (χ3v) is 4.88. The van der Waals surface area contributed by atoms with E-state index in [0.29, 0.717) is 0 Å². The topological polar surface area (TPSA) is 61.2 Å². The van der Waals surface area contributed by atoms with Crippen molar-refractivity contribution in [2.45, 2.75) is 51.6 Å². The summed E-state index contributed by atoms with van der Waals surface area (Å²) in [4.78, 5) is 0. The average molecular weight is 342 g/mol. The summed E-state index contributed by atoms with van der Waals surface area (Å²) in [6, 6.07) is 6.11. The Labute approximate surface area is 148 Å². The van der Waals surface area contributed by atoms with Gasteiger partial charge in [-0.1, -0.05) is 18.6 Å². The number of benzene rings is 1. The normalized spacial score (nSPS) is 16.8. The fraction of sp³-hybridized carbons (Fsp3) is 0.579. The molecule has 1 aromatic heterocycles. The first-order chi connectivity index (χ1) is 12.4. The summed E-state index contributed by atoms with van der Waals surface area (Å²) in [6.07, 6.45) is 6.66. The van der Waals surface area contributed by atoms with E-state index in [1.54, 1.807) is 0 Å². The number of nitrogens with zero attached hydrogens (tertiary/aromatic N) is 3. The van der Waals surface area contributed by atoms with E-state index in [4.69, 9.17) is 9.47 Å². The van der Waals surface area contributed by atoms with Gasteiger partial charge in [0.15, 0.2) is 11.5 Å². The first kappa shape index (κ1) is 16.4. The van der Waals surface area contributed by atoms with Gasteiger partial charge in [-0.15, -0.1) is 10.2 Å². The van der Waals surface area contributed by atoms with Crippen molar-refractivity contribution in [1.82, 2.24) is 20.1 Å². The maximum absolute atomic E-state index is 5.88. The molecular formula is C19H26N4O2. The zero-order valence-electron chi connectivity index (χ0n) is 14.7. The highest BCUT2D eigenvalue weighted by atomic mass is 16.5. The highest BCUT2D eigenvalue weighted by Gasteiger charge is 2.16. The van der Waals surface area contributed by atoms with Gasteiger partial charge >= 0.3 is 0 Å². The Bertz CT molecular complexity index is 713. The molecule has 0 fully saturated rings. The van der Waals surface area contributed by atoms with Gasteiger partial charge in [-0.25, -0.2) is 0 Å². The lowest BCUT2D eigenvalue weighted by atomic mass is 10.2. The SMILES string of the molecule is c1cc(CNCCc2nnc3n2CCCCC3)c2c(c1)OCCCO2. The Morgan fingerprint density at radius 2 is 2.00 bits per heavy atom. The molecule has 0 unspecified atom stereocenters. The number of fused-ring (bicyclic) bond motifs is 2. The van der Waals surface area contributed by atoms with Crippen molar-refractivity contribution in [2.24, 2.45) is 0 Å². The zero-order valence-corrected chi connectivity index (χ0v) is 14.7. The van der Waals surface area contributed by atoms with E-state index in [1.807, 2.05) is 12.1 Å². The van der Waals surface area contributed by atoms with Crippen LogP contribution in [0.15, 0.2) is 18.2 Å². The first-order valence-corrected chi connectivity index (χ1v) is 9.41. The Balaban J connectivity index is 1.34. The minimum Gasteiger partial charge on any atom is -0.490 e. The van der Waals surface area contributed by atoms with Crippen LogP contribution in [-0.4, -0.2) is 34.5 Å². The summed E-state index contributed by atoms with van der Waals surface area (Å²) in [5, 5.41) is 12.3. The number of hydrogen-bond donors (Lipinski definition) is 1. The second-order valence-corrected chi connectivity index (χ2v) is 6.72. The molecule has 3 heterocycles. The highest BCUT2D eigenvalue weighted by molar-refractivity contribution is 5.47. The lowest BCUT2D eigenvalue weighted by Gasteiger charge is -2.13. The van der Waals surface area contributed by atoms with Crippen LogP contribution < -0.4 is 14.8 Å². The predicted octanol–water partition coefficient (Wildman–Crippen LogP) is 2.50. The summed E-state index contributed by atoms with van der Waals surface area (Å²) in [6.45, 7) is 4.16. The molecule has 0 saturated heterocycles. The summed E-state index contributed by atoms with van der Waals surface area (Å²) in [5.41, 5.74) is 1.15. The first-order valence-electron chi connectivity index (χ1n) is 9.41. The summed E-state index contributed by atoms with van der Waals surface area (Å²) >= 11 is 0. The predicted molar refractivity (Wildman–Crippen MR) is 95.0 cm³/mol. The van der Waals surface area contributed by atoms with Crippen LogP contribution in [0.4, 0.5) is 0 Å². The number of rotatable bonds is 5. The molecule has 0 bridgehead atoms. The number of nitrogens with one attached hydrogen (secondary N) is 1. The van der Waals surface area contributed by atoms with Crippen molar-refractivity contribution in [1.29, 1.82) is 0 Å². The molecule has 2 aliphatic heterocycles. The molecule has 0 amide bonds. The number of aromatic nitrogens is 3. The Morgan fingerprint density at radius 3 is 3.00 bits per heavy atom. The van der Waals surface area contributed by atoms with Crippen molar-refractivity contribution >= 4 is 0 Å². The van der Waals surface area contributed by atoms with Crippen LogP contribution in [0.3, 0.4) is 0 Å². The number of ether oxygens (including phenoxy) is 2. The van der Waals surface area contributed by atoms with Crippen LogP contribution in [-0.2, 0) is 25.9 Å². The molecule has 0 saturated carbocycles. The van der Waals surface area contributed by atoms with E-state index in [9.17, 15) is 0 Å². The standard InChI is InChI=1S/C19H26N4O2/c1-2-8-17-21-22-18(23(17)11-3-1)9-10-20-14-15-6-4-7-16-19(15)25-13-5-12-24-16/h4,6-7,20H,1-3,5,8-14H2. The minimum atomic E-state index is 0.718. The van der Waals surface area contributed by atoms with Crippen LogP contribution in [0.5, 0.6) is 11.5 Å². The Hall–Kier alpha value is -2.08. The molecule has 1 aromatic carbocycles. The van der Waals surface area contributed by atoms with Crippen LogP contribution in [0.25, 0.3) is 0 Å². The second-order valence-electron chi connectivity index (χ2n) is 6.72. The lowest BCUT2D eigenvalue weighted by molar-refractivity contribution is 0.296. The molecule has 2 aromatic rings. The quantitative estimate of drug-likeness (QED) is 0.846. The van der Waals surface area contributed by atoms with Gasteiger partial charge in [0.2, 0.25) is 0 Å². The molecule has 0 spiro atoms. The van der Waals surface area contributed by atoms with Gasteiger partial charge in [-0.3, -0.25) is 0 Å². The third-order valence-electron chi connectivity index (χ3n) is 4.88. The van der Waals surface area contributed by atoms with Crippen LogP contribution >= 0.6 is 0 Å². The van der Waals surface area contributed by atoms with Crippen LogP contribution in [0.2, 0.25) is 0 Å². The van der Waals surface area contributed by atoms with Gasteiger partial charge in [-0.2, -0.15) is 0 Å². The van der Waals surface area contributed by atoms with E-state index in [1.165, 1.54) is 19.3 Å². The van der Waals surface area contributed by atoms with E-state index in [2.05, 4.69) is 26.1 Å². The summed E-state index contributed by atoms with van der Waals surface area (Å²) < 4.78 is 14.0. The molecule has 1 N–H and O–H groups in total. The average Bonchev–Trinajstić information content (AvgIpc) is 2.84. The molecule has 2 aliphatic rings. The van der Waals surface area contributed by atoms with Crippen molar-refractivity contribution in [2.75, 3.05) is 19.8 Å². The Morgan fingerprint density at radius 1 is 1.04 bits per heavy atom. The van der Waals surface area contributed by atoms with E-state index in [0.717, 1.165) is 80.8 Å². The fourth-order valence-electron chi connectivity index (χ4n) is 3.55. The molecule has 0 radical (unpaired) electrons. The zero-order chi connectivity index (χ0) is 16.9. The smallest absolute Gasteiger partial charge is 0.165 e. The molecule has 0 aliphatic carbocycles. The van der Waals surface area contributed by atoms with Crippen LogP contribution in [0.1, 0.15) is 42.9 Å². The minimum absolute atomic E-state index is 0.718. The largest absolute Gasteiger partial charge is 0.490 e. The molecule has 0 atom stereocenters. The number of hydrogen-bond acceptors (Lipinski definition) is 5. The summed E-state index contributed by atoms with van der Waals surface area (Å²) in [5.74, 6) is 4.02. The van der Waals surface area contributed by atoms with Crippen LogP contribution in [0, 0.1) is 0 Å². The maximum Gasteiger partial charge on any atom is 0.165 e. The number of aryl methyl sites for hydroxylation is 1. The molecule has 6 nitrogen and oxygen atoms in total. The molecular weight excluding hydrogens is 316 g/mol. The monoisotopic (exact) mass is 342 g/mol. The van der Waals surface area contributed by atoms with Gasteiger partial charge in [-0.05, 0) is 18.9 Å². The third kappa shape index (κ3) is 3.79. The fourth-order valence-corrected chi connectivity index (χ4v) is 3.55. The van der Waals surface area contributed by atoms with Crippen molar-refractivity contribution in [3.8, 4) is 11.5 Å². The van der Waals surface area contributed by atoms with Gasteiger partial charge in [0.05, 0.1) is 13.2 Å². The molecule has 6 heteroatoms. The van der Waals surface area contributed by atoms with Crippen molar-refractivity contribution in [3.05, 3.63) is 35.4 Å². The van der Waals surface area contributed by atoms with Gasteiger partial charge in [0, 0.05) is 44.5 Å². The molecule has 25 heavy (non-hydrogen) atoms. The van der Waals surface area contributed by atoms with E-state index < -0.39 is 0 Å². The maximum atomic E-state index is 5.88. The van der Waals surface area contributed by atoms with Gasteiger partial charge < -0.3 is 19.4 Å². The highest BCUT2D eigenvalue weighted by Crippen LogP contribution is 2.33. The second kappa shape index (κ2) is 7.87. The van der Waals surface area contributed by atoms with Gasteiger partial charge in [0.25, 0.3) is 0 Å². The van der Waals surface area contributed by atoms with Gasteiger partial charge in [0.1, 0.15) is 11.6 Å². The van der Waals surface area contributed by atoms with E-state index in [-0.39, 0.29) is 0 Å².